The van der Waals surface area contributed by atoms with Crippen LogP contribution in [0, 0.1) is 0 Å². The van der Waals surface area contributed by atoms with Gasteiger partial charge in [-0.3, -0.25) is 4.68 Å². The average molecular weight is 318 g/mol. The van der Waals surface area contributed by atoms with E-state index in [2.05, 4.69) is 18.9 Å². The van der Waals surface area contributed by atoms with Gasteiger partial charge in [0.15, 0.2) is 5.82 Å². The summed E-state index contributed by atoms with van der Waals surface area (Å²) in [5.74, 6) is 0.886. The number of nitrogens with two attached hydrogens (primary N) is 1. The zero-order chi connectivity index (χ0) is 15.0. The number of thioether (sulfide) groups is 1. The van der Waals surface area contributed by atoms with E-state index in [1.807, 2.05) is 18.7 Å². The SMILES string of the molecule is CCn1cc(S(=O)(=O)N2CCSC(C)(C)CC2)c(N)n1. The summed E-state index contributed by atoms with van der Waals surface area (Å²) in [5, 5.41) is 4.03. The summed E-state index contributed by atoms with van der Waals surface area (Å²) in [4.78, 5) is 0.129. The lowest BCUT2D eigenvalue weighted by Gasteiger charge is -2.22. The van der Waals surface area contributed by atoms with Crippen LogP contribution in [-0.2, 0) is 16.6 Å². The van der Waals surface area contributed by atoms with Crippen molar-refractivity contribution in [2.24, 2.45) is 0 Å². The molecule has 0 radical (unpaired) electrons. The van der Waals surface area contributed by atoms with Crippen molar-refractivity contribution in [3.63, 3.8) is 0 Å². The maximum Gasteiger partial charge on any atom is 0.248 e. The molecule has 8 heteroatoms. The zero-order valence-corrected chi connectivity index (χ0v) is 13.8. The largest absolute Gasteiger partial charge is 0.381 e. The van der Waals surface area contributed by atoms with Crippen molar-refractivity contribution in [1.29, 1.82) is 0 Å². The standard InChI is InChI=1S/C12H22N4O2S2/c1-4-15-9-10(11(13)14-15)20(17,18)16-6-5-12(2,3)19-8-7-16/h9H,4-8H2,1-3H3,(H2,13,14). The first kappa shape index (κ1) is 15.7. The monoisotopic (exact) mass is 318 g/mol. The van der Waals surface area contributed by atoms with Crippen LogP contribution in [-0.4, -0.2) is 46.1 Å². The summed E-state index contributed by atoms with van der Waals surface area (Å²) < 4.78 is 28.6. The van der Waals surface area contributed by atoms with Gasteiger partial charge in [0.05, 0.1) is 0 Å². The molecule has 6 nitrogen and oxygen atoms in total. The second-order valence-electron chi connectivity index (χ2n) is 5.50. The second-order valence-corrected chi connectivity index (χ2v) is 9.20. The van der Waals surface area contributed by atoms with Crippen molar-refractivity contribution < 1.29 is 8.42 Å². The molecule has 2 rings (SSSR count). The van der Waals surface area contributed by atoms with Crippen molar-refractivity contribution in [2.75, 3.05) is 24.6 Å². The molecule has 1 aromatic heterocycles. The molecular weight excluding hydrogens is 296 g/mol. The third-order valence-electron chi connectivity index (χ3n) is 3.49. The summed E-state index contributed by atoms with van der Waals surface area (Å²) in [6.07, 6.45) is 2.35. The number of nitrogens with zero attached hydrogens (tertiary/aromatic N) is 3. The van der Waals surface area contributed by atoms with Crippen LogP contribution in [0.1, 0.15) is 27.2 Å². The number of hydrogen-bond acceptors (Lipinski definition) is 5. The van der Waals surface area contributed by atoms with E-state index in [0.29, 0.717) is 19.6 Å². The summed E-state index contributed by atoms with van der Waals surface area (Å²) >= 11 is 1.81. The lowest BCUT2D eigenvalue weighted by atomic mass is 10.1. The number of rotatable bonds is 3. The molecule has 1 aliphatic rings. The van der Waals surface area contributed by atoms with Gasteiger partial charge in [-0.2, -0.15) is 21.2 Å². The molecule has 1 aliphatic heterocycles. The molecule has 0 unspecified atom stereocenters. The van der Waals surface area contributed by atoms with E-state index in [0.717, 1.165) is 12.2 Å². The molecule has 0 spiro atoms. The van der Waals surface area contributed by atoms with E-state index in [1.54, 1.807) is 4.68 Å². The van der Waals surface area contributed by atoms with Gasteiger partial charge in [0.1, 0.15) is 4.90 Å². The minimum Gasteiger partial charge on any atom is -0.381 e. The number of hydrogen-bond donors (Lipinski definition) is 1. The Morgan fingerprint density at radius 1 is 1.45 bits per heavy atom. The van der Waals surface area contributed by atoms with E-state index in [4.69, 9.17) is 5.73 Å². The first-order chi connectivity index (χ1) is 9.26. The van der Waals surface area contributed by atoms with Crippen LogP contribution in [0.15, 0.2) is 11.1 Å². The Hall–Kier alpha value is -0.730. The van der Waals surface area contributed by atoms with Crippen LogP contribution in [0.25, 0.3) is 0 Å². The Morgan fingerprint density at radius 2 is 2.15 bits per heavy atom. The molecule has 0 aromatic carbocycles. The van der Waals surface area contributed by atoms with Gasteiger partial charge in [0, 0.05) is 36.3 Å². The third kappa shape index (κ3) is 3.12. The second kappa shape index (κ2) is 5.57. The predicted octanol–water partition coefficient (Wildman–Crippen LogP) is 1.39. The first-order valence-corrected chi connectivity index (χ1v) is 9.16. The van der Waals surface area contributed by atoms with E-state index < -0.39 is 10.0 Å². The van der Waals surface area contributed by atoms with Crippen LogP contribution in [0.5, 0.6) is 0 Å². The molecule has 0 aliphatic carbocycles. The van der Waals surface area contributed by atoms with Gasteiger partial charge in [-0.05, 0) is 13.3 Å². The highest BCUT2D eigenvalue weighted by Gasteiger charge is 2.33. The Kier molecular flexibility index (Phi) is 4.36. The molecule has 20 heavy (non-hydrogen) atoms. The van der Waals surface area contributed by atoms with Crippen molar-refractivity contribution in [3.05, 3.63) is 6.20 Å². The van der Waals surface area contributed by atoms with Crippen LogP contribution in [0.4, 0.5) is 5.82 Å². The van der Waals surface area contributed by atoms with Gasteiger partial charge in [0.2, 0.25) is 10.0 Å². The minimum absolute atomic E-state index is 0.0861. The molecule has 0 amide bonds. The zero-order valence-electron chi connectivity index (χ0n) is 12.2. The van der Waals surface area contributed by atoms with Gasteiger partial charge in [-0.25, -0.2) is 8.42 Å². The molecule has 114 valence electrons. The lowest BCUT2D eigenvalue weighted by molar-refractivity contribution is 0.415. The third-order valence-corrected chi connectivity index (χ3v) is 6.78. The summed E-state index contributed by atoms with van der Waals surface area (Å²) in [7, 11) is -3.54. The highest BCUT2D eigenvalue weighted by Crippen LogP contribution is 2.33. The molecule has 2 heterocycles. The maximum atomic E-state index is 12.7. The van der Waals surface area contributed by atoms with Gasteiger partial charge in [0.25, 0.3) is 0 Å². The topological polar surface area (TPSA) is 81.2 Å². The maximum absolute atomic E-state index is 12.7. The van der Waals surface area contributed by atoms with Crippen LogP contribution in [0.2, 0.25) is 0 Å². The van der Waals surface area contributed by atoms with Crippen LogP contribution in [0.3, 0.4) is 0 Å². The number of aryl methyl sites for hydroxylation is 1. The fourth-order valence-electron chi connectivity index (χ4n) is 2.16. The van der Waals surface area contributed by atoms with Crippen molar-refractivity contribution in [3.8, 4) is 0 Å². The summed E-state index contributed by atoms with van der Waals surface area (Å²) in [6, 6.07) is 0. The lowest BCUT2D eigenvalue weighted by Crippen LogP contribution is -2.33. The molecule has 0 bridgehead atoms. The molecule has 2 N–H and O–H groups in total. The number of aromatic nitrogens is 2. The molecular formula is C12H22N4O2S2. The minimum atomic E-state index is -3.54. The van der Waals surface area contributed by atoms with Crippen molar-refractivity contribution >= 4 is 27.6 Å². The van der Waals surface area contributed by atoms with Crippen LogP contribution >= 0.6 is 11.8 Å². The fourth-order valence-corrected chi connectivity index (χ4v) is 4.88. The van der Waals surface area contributed by atoms with E-state index >= 15 is 0 Å². The normalized spacial score (nSPS) is 20.8. The van der Waals surface area contributed by atoms with Gasteiger partial charge < -0.3 is 5.73 Å². The fraction of sp³-hybridized carbons (Fsp3) is 0.750. The average Bonchev–Trinajstić information content (AvgIpc) is 2.64. The Balaban J connectivity index is 2.28. The molecule has 1 saturated heterocycles. The van der Waals surface area contributed by atoms with Crippen LogP contribution < -0.4 is 5.73 Å². The Bertz CT molecular complexity index is 580. The number of nitrogen functional groups attached to an aromatic ring is 1. The quantitative estimate of drug-likeness (QED) is 0.911. The molecule has 1 fully saturated rings. The van der Waals surface area contributed by atoms with E-state index in [1.165, 1.54) is 10.5 Å². The molecule has 1 aromatic rings. The Morgan fingerprint density at radius 3 is 2.75 bits per heavy atom. The summed E-state index contributed by atoms with van der Waals surface area (Å²) in [5.41, 5.74) is 5.76. The van der Waals surface area contributed by atoms with Gasteiger partial charge in [-0.15, -0.1) is 0 Å². The van der Waals surface area contributed by atoms with Crippen molar-refractivity contribution in [1.82, 2.24) is 14.1 Å². The van der Waals surface area contributed by atoms with E-state index in [-0.39, 0.29) is 15.5 Å². The number of sulfonamides is 1. The smallest absolute Gasteiger partial charge is 0.248 e. The molecule has 0 atom stereocenters. The first-order valence-electron chi connectivity index (χ1n) is 6.73. The van der Waals surface area contributed by atoms with E-state index in [9.17, 15) is 8.42 Å². The highest BCUT2D eigenvalue weighted by atomic mass is 32.2. The Labute approximate surface area is 124 Å². The van der Waals surface area contributed by atoms with Gasteiger partial charge in [-0.1, -0.05) is 13.8 Å². The van der Waals surface area contributed by atoms with Gasteiger partial charge >= 0.3 is 0 Å². The summed E-state index contributed by atoms with van der Waals surface area (Å²) in [6.45, 7) is 7.84. The number of anilines is 1. The highest BCUT2D eigenvalue weighted by molar-refractivity contribution is 8.00. The predicted molar refractivity (Wildman–Crippen MR) is 82.2 cm³/mol. The van der Waals surface area contributed by atoms with Crippen molar-refractivity contribution in [2.45, 2.75) is 43.4 Å². The molecule has 0 saturated carbocycles.